The number of halogens is 1. The van der Waals surface area contributed by atoms with Gasteiger partial charge in [0.1, 0.15) is 23.9 Å². The first kappa shape index (κ1) is 15.9. The molecule has 0 unspecified atom stereocenters. The highest BCUT2D eigenvalue weighted by molar-refractivity contribution is 6.32. The number of furan rings is 1. The number of hydrogen-bond donors (Lipinski definition) is 3. The number of aromatic nitrogens is 2. The minimum Gasteiger partial charge on any atom is -0.484 e. The number of imidazole rings is 1. The van der Waals surface area contributed by atoms with E-state index in [2.05, 4.69) is 20.6 Å². The molecule has 2 amide bonds. The summed E-state index contributed by atoms with van der Waals surface area (Å²) >= 11 is 6.17. The molecule has 124 valence electrons. The Morgan fingerprint density at radius 3 is 3.00 bits per heavy atom. The van der Waals surface area contributed by atoms with Gasteiger partial charge in [-0.1, -0.05) is 11.6 Å². The van der Waals surface area contributed by atoms with Crippen molar-refractivity contribution in [2.45, 2.75) is 13.2 Å². The van der Waals surface area contributed by atoms with Crippen molar-refractivity contribution in [1.29, 1.82) is 0 Å². The van der Waals surface area contributed by atoms with Crippen LogP contribution < -0.4 is 15.4 Å². The van der Waals surface area contributed by atoms with Crippen molar-refractivity contribution in [2.75, 3.05) is 5.32 Å². The molecule has 7 nitrogen and oxygen atoms in total. The number of carbonyl (C=O) groups is 1. The summed E-state index contributed by atoms with van der Waals surface area (Å²) in [7, 11) is 0. The number of aromatic amines is 1. The van der Waals surface area contributed by atoms with Gasteiger partial charge in [0.2, 0.25) is 0 Å². The van der Waals surface area contributed by atoms with Gasteiger partial charge in [0.25, 0.3) is 0 Å². The van der Waals surface area contributed by atoms with Crippen LogP contribution in [0.15, 0.2) is 53.4 Å². The number of carbonyl (C=O) groups excluding carboxylic acids is 1. The molecular formula is C16H15ClN4O3. The van der Waals surface area contributed by atoms with Crippen LogP contribution >= 0.6 is 11.6 Å². The van der Waals surface area contributed by atoms with E-state index in [4.69, 9.17) is 20.8 Å². The Hall–Kier alpha value is -2.93. The van der Waals surface area contributed by atoms with Crippen molar-refractivity contribution >= 4 is 23.3 Å². The third kappa shape index (κ3) is 4.30. The van der Waals surface area contributed by atoms with Gasteiger partial charge in [-0.3, -0.25) is 0 Å². The second-order valence-corrected chi connectivity index (χ2v) is 5.26. The number of urea groups is 1. The van der Waals surface area contributed by atoms with Gasteiger partial charge in [0, 0.05) is 18.1 Å². The van der Waals surface area contributed by atoms with Crippen LogP contribution in [0.5, 0.6) is 5.75 Å². The van der Waals surface area contributed by atoms with Crippen LogP contribution in [-0.2, 0) is 13.2 Å². The normalized spacial score (nSPS) is 10.4. The van der Waals surface area contributed by atoms with Crippen LogP contribution in [0.3, 0.4) is 0 Å². The summed E-state index contributed by atoms with van der Waals surface area (Å²) in [6.45, 7) is 0.583. The number of ether oxygens (including phenoxy) is 1. The van der Waals surface area contributed by atoms with Gasteiger partial charge in [0.05, 0.1) is 17.8 Å². The molecule has 0 aliphatic carbocycles. The predicted octanol–water partition coefficient (Wildman–Crippen LogP) is 3.56. The topological polar surface area (TPSA) is 92.2 Å². The van der Waals surface area contributed by atoms with Gasteiger partial charge >= 0.3 is 6.03 Å². The molecule has 0 saturated heterocycles. The Morgan fingerprint density at radius 1 is 1.38 bits per heavy atom. The van der Waals surface area contributed by atoms with Crippen molar-refractivity contribution in [2.24, 2.45) is 0 Å². The number of nitrogens with one attached hydrogen (secondary N) is 3. The van der Waals surface area contributed by atoms with Crippen LogP contribution in [0.4, 0.5) is 10.5 Å². The summed E-state index contributed by atoms with van der Waals surface area (Å²) in [6, 6.07) is 8.25. The minimum absolute atomic E-state index is 0.281. The average molecular weight is 347 g/mol. The van der Waals surface area contributed by atoms with Gasteiger partial charge in [-0.25, -0.2) is 9.78 Å². The lowest BCUT2D eigenvalue weighted by Crippen LogP contribution is -2.28. The molecule has 2 heterocycles. The van der Waals surface area contributed by atoms with Crippen molar-refractivity contribution in [1.82, 2.24) is 15.3 Å². The molecule has 0 saturated carbocycles. The van der Waals surface area contributed by atoms with Crippen LogP contribution in [0.2, 0.25) is 5.02 Å². The highest BCUT2D eigenvalue weighted by Crippen LogP contribution is 2.28. The van der Waals surface area contributed by atoms with Gasteiger partial charge in [-0.15, -0.1) is 0 Å². The third-order valence-corrected chi connectivity index (χ3v) is 3.41. The van der Waals surface area contributed by atoms with Gasteiger partial charge < -0.3 is 24.8 Å². The second kappa shape index (κ2) is 7.56. The third-order valence-electron chi connectivity index (χ3n) is 3.11. The Balaban J connectivity index is 1.52. The quantitative estimate of drug-likeness (QED) is 0.636. The fourth-order valence-electron chi connectivity index (χ4n) is 1.97. The molecule has 0 aliphatic heterocycles. The lowest BCUT2D eigenvalue weighted by Gasteiger charge is -2.10. The molecule has 3 aromatic rings. The molecule has 0 atom stereocenters. The number of rotatable bonds is 6. The molecule has 1 aromatic carbocycles. The van der Waals surface area contributed by atoms with Crippen molar-refractivity contribution < 1.29 is 13.9 Å². The molecule has 3 rings (SSSR count). The summed E-state index contributed by atoms with van der Waals surface area (Å²) in [5, 5.41) is 5.77. The van der Waals surface area contributed by atoms with Gasteiger partial charge in [-0.2, -0.15) is 0 Å². The molecule has 2 aromatic heterocycles. The van der Waals surface area contributed by atoms with E-state index in [1.54, 1.807) is 42.9 Å². The molecule has 0 radical (unpaired) electrons. The smallest absolute Gasteiger partial charge is 0.319 e. The summed E-state index contributed by atoms with van der Waals surface area (Å²) in [5.74, 6) is 1.88. The van der Waals surface area contributed by atoms with E-state index in [1.165, 1.54) is 0 Å². The largest absolute Gasteiger partial charge is 0.484 e. The molecule has 0 spiro atoms. The van der Waals surface area contributed by atoms with Crippen LogP contribution in [0.1, 0.15) is 11.6 Å². The molecule has 0 aliphatic rings. The lowest BCUT2D eigenvalue weighted by atomic mass is 10.3. The number of amides is 2. The fourth-order valence-corrected chi connectivity index (χ4v) is 2.21. The fraction of sp³-hybridized carbons (Fsp3) is 0.125. The number of H-pyrrole nitrogens is 1. The molecule has 24 heavy (non-hydrogen) atoms. The van der Waals surface area contributed by atoms with Crippen molar-refractivity contribution in [3.8, 4) is 5.75 Å². The number of nitrogens with zero attached hydrogens (tertiary/aromatic N) is 1. The second-order valence-electron chi connectivity index (χ2n) is 4.86. The van der Waals surface area contributed by atoms with Crippen LogP contribution in [0, 0.1) is 0 Å². The van der Waals surface area contributed by atoms with Crippen LogP contribution in [0.25, 0.3) is 0 Å². The highest BCUT2D eigenvalue weighted by Gasteiger charge is 2.07. The number of anilines is 1. The average Bonchev–Trinajstić information content (AvgIpc) is 3.26. The zero-order valence-electron chi connectivity index (χ0n) is 12.6. The maximum atomic E-state index is 11.8. The summed E-state index contributed by atoms with van der Waals surface area (Å²) in [6.07, 6.45) is 4.89. The first-order valence-corrected chi connectivity index (χ1v) is 7.56. The maximum absolute atomic E-state index is 11.8. The minimum atomic E-state index is -0.355. The molecule has 0 fully saturated rings. The highest BCUT2D eigenvalue weighted by atomic mass is 35.5. The van der Waals surface area contributed by atoms with E-state index < -0.39 is 0 Å². The Labute approximate surface area is 143 Å². The standard InChI is InChI=1S/C16H15ClN4O3/c17-13-8-11(21-16(22)20-9-15-18-5-6-19-15)3-4-14(13)24-10-12-2-1-7-23-12/h1-8H,9-10H2,(H,18,19)(H2,20,21,22). The van der Waals surface area contributed by atoms with Gasteiger partial charge in [-0.05, 0) is 30.3 Å². The van der Waals surface area contributed by atoms with E-state index in [1.807, 2.05) is 6.07 Å². The van der Waals surface area contributed by atoms with Gasteiger partial charge in [0.15, 0.2) is 0 Å². The SMILES string of the molecule is O=C(NCc1ncc[nH]1)Nc1ccc(OCc2ccco2)c(Cl)c1. The monoisotopic (exact) mass is 346 g/mol. The summed E-state index contributed by atoms with van der Waals surface area (Å²) < 4.78 is 10.8. The first-order chi connectivity index (χ1) is 11.7. The van der Waals surface area contributed by atoms with Crippen molar-refractivity contribution in [3.63, 3.8) is 0 Å². The molecular weight excluding hydrogens is 332 g/mol. The zero-order chi connectivity index (χ0) is 16.8. The van der Waals surface area contributed by atoms with E-state index >= 15 is 0 Å². The lowest BCUT2D eigenvalue weighted by molar-refractivity contribution is 0.251. The van der Waals surface area contributed by atoms with Crippen molar-refractivity contribution in [3.05, 3.63) is 65.6 Å². The molecule has 8 heteroatoms. The predicted molar refractivity (Wildman–Crippen MR) is 88.9 cm³/mol. The number of benzene rings is 1. The Bertz CT molecular complexity index is 788. The molecule has 0 bridgehead atoms. The van der Waals surface area contributed by atoms with E-state index in [0.717, 1.165) is 0 Å². The number of hydrogen-bond acceptors (Lipinski definition) is 4. The van der Waals surface area contributed by atoms with Crippen LogP contribution in [-0.4, -0.2) is 16.0 Å². The Kier molecular flexibility index (Phi) is 5.02. The van der Waals surface area contributed by atoms with E-state index in [0.29, 0.717) is 34.6 Å². The first-order valence-electron chi connectivity index (χ1n) is 7.18. The van der Waals surface area contributed by atoms with E-state index in [-0.39, 0.29) is 12.6 Å². The summed E-state index contributed by atoms with van der Waals surface area (Å²) in [5.41, 5.74) is 0.558. The summed E-state index contributed by atoms with van der Waals surface area (Å²) in [4.78, 5) is 18.8. The van der Waals surface area contributed by atoms with E-state index in [9.17, 15) is 4.79 Å². The molecule has 3 N–H and O–H groups in total. The zero-order valence-corrected chi connectivity index (χ0v) is 13.3. The maximum Gasteiger partial charge on any atom is 0.319 e. The Morgan fingerprint density at radius 2 is 2.29 bits per heavy atom.